The predicted octanol–water partition coefficient (Wildman–Crippen LogP) is 1.45. The Kier molecular flexibility index (Phi) is 4.11. The zero-order valence-electron chi connectivity index (χ0n) is 10.0. The molecule has 0 unspecified atom stereocenters. The SMILES string of the molecule is N#C/C(=C\c1ccccc1)C(=O)N1CCOCC1. The van der Waals surface area contributed by atoms with Gasteiger partial charge in [-0.3, -0.25) is 4.79 Å². The number of nitriles is 1. The van der Waals surface area contributed by atoms with Gasteiger partial charge < -0.3 is 9.64 Å². The topological polar surface area (TPSA) is 53.3 Å². The van der Waals surface area contributed by atoms with Crippen LogP contribution in [0.15, 0.2) is 35.9 Å². The minimum atomic E-state index is -0.218. The monoisotopic (exact) mass is 242 g/mol. The van der Waals surface area contributed by atoms with Crippen molar-refractivity contribution in [2.24, 2.45) is 0 Å². The molecule has 4 nitrogen and oxygen atoms in total. The van der Waals surface area contributed by atoms with Crippen LogP contribution in [0.4, 0.5) is 0 Å². The van der Waals surface area contributed by atoms with Crippen molar-refractivity contribution < 1.29 is 9.53 Å². The lowest BCUT2D eigenvalue weighted by atomic mass is 10.1. The smallest absolute Gasteiger partial charge is 0.264 e. The van der Waals surface area contributed by atoms with Gasteiger partial charge in [0.1, 0.15) is 11.6 Å². The molecule has 0 aromatic heterocycles. The molecule has 92 valence electrons. The summed E-state index contributed by atoms with van der Waals surface area (Å²) in [6, 6.07) is 11.4. The van der Waals surface area contributed by atoms with E-state index in [2.05, 4.69) is 0 Å². The number of rotatable bonds is 2. The first kappa shape index (κ1) is 12.3. The van der Waals surface area contributed by atoms with Gasteiger partial charge in [0.2, 0.25) is 0 Å². The first-order valence-corrected chi connectivity index (χ1v) is 5.85. The van der Waals surface area contributed by atoms with Gasteiger partial charge in [-0.1, -0.05) is 30.3 Å². The van der Waals surface area contributed by atoms with Gasteiger partial charge >= 0.3 is 0 Å². The quantitative estimate of drug-likeness (QED) is 0.582. The Morgan fingerprint density at radius 1 is 1.28 bits per heavy atom. The summed E-state index contributed by atoms with van der Waals surface area (Å²) >= 11 is 0. The predicted molar refractivity (Wildman–Crippen MR) is 67.4 cm³/mol. The Morgan fingerprint density at radius 2 is 1.94 bits per heavy atom. The van der Waals surface area contributed by atoms with Gasteiger partial charge in [-0.15, -0.1) is 0 Å². The highest BCUT2D eigenvalue weighted by Gasteiger charge is 2.20. The standard InChI is InChI=1S/C14H14N2O2/c15-11-13(10-12-4-2-1-3-5-12)14(17)16-6-8-18-9-7-16/h1-5,10H,6-9H2/b13-10+. The molecule has 0 bridgehead atoms. The maximum Gasteiger partial charge on any atom is 0.264 e. The Balaban J connectivity index is 2.16. The highest BCUT2D eigenvalue weighted by Crippen LogP contribution is 2.10. The number of benzene rings is 1. The molecule has 1 heterocycles. The van der Waals surface area contributed by atoms with Crippen molar-refractivity contribution in [3.05, 3.63) is 41.5 Å². The largest absolute Gasteiger partial charge is 0.378 e. The molecule has 0 radical (unpaired) electrons. The van der Waals surface area contributed by atoms with Gasteiger partial charge in [-0.05, 0) is 11.6 Å². The molecular formula is C14H14N2O2. The van der Waals surface area contributed by atoms with E-state index in [1.54, 1.807) is 11.0 Å². The summed E-state index contributed by atoms with van der Waals surface area (Å²) in [5.74, 6) is -0.218. The molecule has 1 amide bonds. The van der Waals surface area contributed by atoms with Crippen LogP contribution in [0.2, 0.25) is 0 Å². The molecule has 0 atom stereocenters. The lowest BCUT2D eigenvalue weighted by molar-refractivity contribution is -0.130. The maximum absolute atomic E-state index is 12.1. The number of nitrogens with zero attached hydrogens (tertiary/aromatic N) is 2. The van der Waals surface area contributed by atoms with Crippen molar-refractivity contribution in [2.75, 3.05) is 26.3 Å². The molecular weight excluding hydrogens is 228 g/mol. The van der Waals surface area contributed by atoms with Crippen molar-refractivity contribution in [2.45, 2.75) is 0 Å². The second-order valence-electron chi connectivity index (χ2n) is 3.99. The van der Waals surface area contributed by atoms with E-state index in [1.165, 1.54) is 0 Å². The molecule has 1 aliphatic heterocycles. The molecule has 18 heavy (non-hydrogen) atoms. The highest BCUT2D eigenvalue weighted by atomic mass is 16.5. The lowest BCUT2D eigenvalue weighted by Gasteiger charge is -2.26. The van der Waals surface area contributed by atoms with Crippen LogP contribution in [0, 0.1) is 11.3 Å². The van der Waals surface area contributed by atoms with Crippen LogP contribution in [0.3, 0.4) is 0 Å². The van der Waals surface area contributed by atoms with Gasteiger partial charge in [-0.25, -0.2) is 0 Å². The average molecular weight is 242 g/mol. The third-order valence-corrected chi connectivity index (χ3v) is 2.76. The minimum absolute atomic E-state index is 0.170. The number of hydrogen-bond acceptors (Lipinski definition) is 3. The molecule has 0 saturated carbocycles. The third kappa shape index (κ3) is 2.96. The molecule has 0 aliphatic carbocycles. The fourth-order valence-corrected chi connectivity index (χ4v) is 1.79. The number of carbonyl (C=O) groups is 1. The Morgan fingerprint density at radius 3 is 2.56 bits per heavy atom. The van der Waals surface area contributed by atoms with E-state index < -0.39 is 0 Å². The Bertz CT molecular complexity index is 482. The van der Waals surface area contributed by atoms with Crippen LogP contribution in [0.25, 0.3) is 6.08 Å². The van der Waals surface area contributed by atoms with Crippen LogP contribution in [-0.2, 0) is 9.53 Å². The fourth-order valence-electron chi connectivity index (χ4n) is 1.79. The second kappa shape index (κ2) is 5.99. The number of amides is 1. The zero-order valence-corrected chi connectivity index (χ0v) is 10.0. The molecule has 1 fully saturated rings. The van der Waals surface area contributed by atoms with Gasteiger partial charge in [0.05, 0.1) is 13.2 Å². The van der Waals surface area contributed by atoms with Gasteiger partial charge in [0.25, 0.3) is 5.91 Å². The van der Waals surface area contributed by atoms with Crippen molar-refractivity contribution in [3.8, 4) is 6.07 Å². The van der Waals surface area contributed by atoms with Gasteiger partial charge in [0, 0.05) is 13.1 Å². The summed E-state index contributed by atoms with van der Waals surface area (Å²) < 4.78 is 5.19. The van der Waals surface area contributed by atoms with Gasteiger partial charge in [-0.2, -0.15) is 5.26 Å². The molecule has 1 saturated heterocycles. The van der Waals surface area contributed by atoms with E-state index in [1.807, 2.05) is 36.4 Å². The van der Waals surface area contributed by atoms with Crippen molar-refractivity contribution in [3.63, 3.8) is 0 Å². The molecule has 1 aromatic carbocycles. The number of ether oxygens (including phenoxy) is 1. The van der Waals surface area contributed by atoms with Crippen LogP contribution in [0.1, 0.15) is 5.56 Å². The fraction of sp³-hybridized carbons (Fsp3) is 0.286. The summed E-state index contributed by atoms with van der Waals surface area (Å²) in [5, 5.41) is 9.09. The first-order valence-electron chi connectivity index (χ1n) is 5.85. The van der Waals surface area contributed by atoms with E-state index in [-0.39, 0.29) is 11.5 Å². The maximum atomic E-state index is 12.1. The van der Waals surface area contributed by atoms with Gasteiger partial charge in [0.15, 0.2) is 0 Å². The third-order valence-electron chi connectivity index (χ3n) is 2.76. The summed E-state index contributed by atoms with van der Waals surface area (Å²) in [5.41, 5.74) is 1.03. The zero-order chi connectivity index (χ0) is 12.8. The molecule has 2 rings (SSSR count). The van der Waals surface area contributed by atoms with Crippen molar-refractivity contribution in [1.29, 1.82) is 5.26 Å². The van der Waals surface area contributed by atoms with Crippen LogP contribution in [0.5, 0.6) is 0 Å². The number of morpholine rings is 1. The molecule has 0 N–H and O–H groups in total. The second-order valence-corrected chi connectivity index (χ2v) is 3.99. The van der Waals surface area contributed by atoms with Crippen LogP contribution < -0.4 is 0 Å². The van der Waals surface area contributed by atoms with Crippen LogP contribution >= 0.6 is 0 Å². The Hall–Kier alpha value is -2.12. The summed E-state index contributed by atoms with van der Waals surface area (Å²) in [7, 11) is 0. The molecule has 4 heteroatoms. The molecule has 0 spiro atoms. The van der Waals surface area contributed by atoms with E-state index in [9.17, 15) is 4.79 Å². The number of carbonyl (C=O) groups excluding carboxylic acids is 1. The Labute approximate surface area is 106 Å². The number of hydrogen-bond donors (Lipinski definition) is 0. The van der Waals surface area contributed by atoms with E-state index in [0.29, 0.717) is 26.3 Å². The van der Waals surface area contributed by atoms with E-state index >= 15 is 0 Å². The molecule has 1 aromatic rings. The lowest BCUT2D eigenvalue weighted by Crippen LogP contribution is -2.41. The van der Waals surface area contributed by atoms with E-state index in [0.717, 1.165) is 5.56 Å². The first-order chi connectivity index (χ1) is 8.81. The summed E-state index contributed by atoms with van der Waals surface area (Å²) in [6.07, 6.45) is 1.62. The molecule has 1 aliphatic rings. The highest BCUT2D eigenvalue weighted by molar-refractivity contribution is 6.01. The summed E-state index contributed by atoms with van der Waals surface area (Å²) in [4.78, 5) is 13.8. The summed E-state index contributed by atoms with van der Waals surface area (Å²) in [6.45, 7) is 2.17. The normalized spacial score (nSPS) is 16.2. The van der Waals surface area contributed by atoms with Crippen LogP contribution in [-0.4, -0.2) is 37.1 Å². The van der Waals surface area contributed by atoms with E-state index in [4.69, 9.17) is 10.00 Å². The minimum Gasteiger partial charge on any atom is -0.378 e. The van der Waals surface area contributed by atoms with Crippen molar-refractivity contribution >= 4 is 12.0 Å². The average Bonchev–Trinajstić information content (AvgIpc) is 2.46. The van der Waals surface area contributed by atoms with Crippen molar-refractivity contribution in [1.82, 2.24) is 4.90 Å².